The standard InChI is InChI=1S/C21H28N2O3/c1-17-4-5-19(26-17)13-23-9-6-21(7-10-23)11-20(25-16-21)15-24-14-18-3-2-8-22-12-18/h2-5,8,12,20H,6-7,9-11,13-16H2,1H3/t20-/m0/s1. The van der Waals surface area contributed by atoms with Gasteiger partial charge in [0.2, 0.25) is 0 Å². The Morgan fingerprint density at radius 2 is 2.15 bits per heavy atom. The van der Waals surface area contributed by atoms with Crippen LogP contribution in [0.15, 0.2) is 41.1 Å². The fourth-order valence-corrected chi connectivity index (χ4v) is 4.12. The molecule has 4 rings (SSSR count). The number of rotatable bonds is 6. The predicted molar refractivity (Wildman–Crippen MR) is 98.6 cm³/mol. The molecule has 0 saturated carbocycles. The number of pyridine rings is 1. The lowest BCUT2D eigenvalue weighted by atomic mass is 9.76. The lowest BCUT2D eigenvalue weighted by Gasteiger charge is -2.38. The molecule has 5 heteroatoms. The fraction of sp³-hybridized carbons (Fsp3) is 0.571. The molecule has 2 aliphatic rings. The van der Waals surface area contributed by atoms with Crippen LogP contribution in [0.25, 0.3) is 0 Å². The lowest BCUT2D eigenvalue weighted by molar-refractivity contribution is 0.00618. The van der Waals surface area contributed by atoms with Crippen molar-refractivity contribution in [2.45, 2.75) is 45.4 Å². The van der Waals surface area contributed by atoms with Crippen LogP contribution in [0.1, 0.15) is 36.3 Å². The van der Waals surface area contributed by atoms with E-state index in [0.29, 0.717) is 18.6 Å². The number of hydrogen-bond donors (Lipinski definition) is 0. The highest BCUT2D eigenvalue weighted by molar-refractivity contribution is 5.07. The number of hydrogen-bond acceptors (Lipinski definition) is 5. The summed E-state index contributed by atoms with van der Waals surface area (Å²) in [5.74, 6) is 2.06. The predicted octanol–water partition coefficient (Wildman–Crippen LogP) is 3.57. The molecule has 140 valence electrons. The van der Waals surface area contributed by atoms with E-state index in [2.05, 4.69) is 16.0 Å². The maximum absolute atomic E-state index is 6.06. The molecule has 2 aromatic rings. The van der Waals surface area contributed by atoms with E-state index in [1.54, 1.807) is 6.20 Å². The number of furan rings is 1. The quantitative estimate of drug-likeness (QED) is 0.792. The van der Waals surface area contributed by atoms with Crippen LogP contribution in [-0.2, 0) is 22.6 Å². The van der Waals surface area contributed by atoms with E-state index in [9.17, 15) is 0 Å². The highest BCUT2D eigenvalue weighted by atomic mass is 16.5. The summed E-state index contributed by atoms with van der Waals surface area (Å²) < 4.78 is 17.6. The molecule has 2 fully saturated rings. The highest BCUT2D eigenvalue weighted by Gasteiger charge is 2.42. The fourth-order valence-electron chi connectivity index (χ4n) is 4.12. The largest absolute Gasteiger partial charge is 0.465 e. The molecule has 0 aliphatic carbocycles. The molecule has 0 aromatic carbocycles. The Hall–Kier alpha value is -1.69. The number of likely N-dealkylation sites (tertiary alicyclic amines) is 1. The zero-order valence-corrected chi connectivity index (χ0v) is 15.5. The van der Waals surface area contributed by atoms with Gasteiger partial charge >= 0.3 is 0 Å². The first-order chi connectivity index (χ1) is 12.7. The second-order valence-corrected chi connectivity index (χ2v) is 7.80. The van der Waals surface area contributed by atoms with Gasteiger partial charge in [-0.1, -0.05) is 6.07 Å². The number of nitrogens with zero attached hydrogens (tertiary/aromatic N) is 2. The molecule has 1 atom stereocenters. The molecule has 2 aliphatic heterocycles. The molecule has 4 heterocycles. The third kappa shape index (κ3) is 4.34. The van der Waals surface area contributed by atoms with Gasteiger partial charge in [-0.25, -0.2) is 0 Å². The molecule has 0 amide bonds. The summed E-state index contributed by atoms with van der Waals surface area (Å²) >= 11 is 0. The maximum atomic E-state index is 6.06. The Labute approximate surface area is 155 Å². The Bertz CT molecular complexity index is 692. The van der Waals surface area contributed by atoms with Crippen molar-refractivity contribution in [2.75, 3.05) is 26.3 Å². The van der Waals surface area contributed by atoms with Gasteiger partial charge in [-0.15, -0.1) is 0 Å². The van der Waals surface area contributed by atoms with Crippen molar-refractivity contribution in [1.82, 2.24) is 9.88 Å². The average Bonchev–Trinajstić information content (AvgIpc) is 3.25. The van der Waals surface area contributed by atoms with Crippen molar-refractivity contribution in [1.29, 1.82) is 0 Å². The van der Waals surface area contributed by atoms with Crippen molar-refractivity contribution in [2.24, 2.45) is 5.41 Å². The molecule has 5 nitrogen and oxygen atoms in total. The number of aromatic nitrogens is 1. The van der Waals surface area contributed by atoms with E-state index in [0.717, 1.165) is 49.7 Å². The van der Waals surface area contributed by atoms with Crippen molar-refractivity contribution >= 4 is 0 Å². The van der Waals surface area contributed by atoms with E-state index in [1.807, 2.05) is 31.3 Å². The molecule has 1 spiro atoms. The Morgan fingerprint density at radius 1 is 1.27 bits per heavy atom. The van der Waals surface area contributed by atoms with Crippen LogP contribution < -0.4 is 0 Å². The summed E-state index contributed by atoms with van der Waals surface area (Å²) in [7, 11) is 0. The van der Waals surface area contributed by atoms with Gasteiger partial charge in [0.25, 0.3) is 0 Å². The first-order valence-electron chi connectivity index (χ1n) is 9.57. The molecule has 0 N–H and O–H groups in total. The molecule has 2 aromatic heterocycles. The van der Waals surface area contributed by atoms with Crippen molar-refractivity contribution in [3.63, 3.8) is 0 Å². The van der Waals surface area contributed by atoms with Crippen LogP contribution in [-0.4, -0.2) is 42.3 Å². The first kappa shape index (κ1) is 17.7. The third-order valence-electron chi connectivity index (χ3n) is 5.67. The second kappa shape index (κ2) is 7.91. The van der Waals surface area contributed by atoms with Crippen molar-refractivity contribution in [3.05, 3.63) is 53.7 Å². The van der Waals surface area contributed by atoms with Crippen LogP contribution in [0, 0.1) is 12.3 Å². The topological polar surface area (TPSA) is 47.7 Å². The van der Waals surface area contributed by atoms with E-state index >= 15 is 0 Å². The van der Waals surface area contributed by atoms with E-state index in [1.165, 1.54) is 12.8 Å². The SMILES string of the molecule is Cc1ccc(CN2CCC3(CC2)CO[C@H](COCc2cccnc2)C3)o1. The zero-order valence-electron chi connectivity index (χ0n) is 15.5. The smallest absolute Gasteiger partial charge is 0.118 e. The zero-order chi connectivity index (χ0) is 17.8. The molecule has 2 saturated heterocycles. The minimum absolute atomic E-state index is 0.228. The van der Waals surface area contributed by atoms with Crippen LogP contribution in [0.5, 0.6) is 0 Å². The normalized spacial score (nSPS) is 22.9. The summed E-state index contributed by atoms with van der Waals surface area (Å²) in [6.45, 7) is 7.31. The molecule has 26 heavy (non-hydrogen) atoms. The van der Waals surface area contributed by atoms with Crippen LogP contribution in [0.4, 0.5) is 0 Å². The maximum Gasteiger partial charge on any atom is 0.118 e. The van der Waals surface area contributed by atoms with Crippen LogP contribution >= 0.6 is 0 Å². The summed E-state index contributed by atoms with van der Waals surface area (Å²) in [5, 5.41) is 0. The van der Waals surface area contributed by atoms with Gasteiger partial charge in [-0.3, -0.25) is 9.88 Å². The first-order valence-corrected chi connectivity index (χ1v) is 9.57. The van der Waals surface area contributed by atoms with Crippen LogP contribution in [0.2, 0.25) is 0 Å². The van der Waals surface area contributed by atoms with Gasteiger partial charge in [-0.05, 0) is 68.5 Å². The minimum Gasteiger partial charge on any atom is -0.465 e. The minimum atomic E-state index is 0.228. The van der Waals surface area contributed by atoms with Crippen molar-refractivity contribution < 1.29 is 13.9 Å². The van der Waals surface area contributed by atoms with E-state index < -0.39 is 0 Å². The number of piperidine rings is 1. The molecule has 0 unspecified atom stereocenters. The third-order valence-corrected chi connectivity index (χ3v) is 5.67. The Kier molecular flexibility index (Phi) is 5.38. The van der Waals surface area contributed by atoms with Gasteiger partial charge in [0.1, 0.15) is 11.5 Å². The molecule has 0 radical (unpaired) electrons. The van der Waals surface area contributed by atoms with Crippen molar-refractivity contribution in [3.8, 4) is 0 Å². The Balaban J connectivity index is 1.20. The molecule has 0 bridgehead atoms. The van der Waals surface area contributed by atoms with Gasteiger partial charge in [0.05, 0.1) is 32.5 Å². The Morgan fingerprint density at radius 3 is 2.88 bits per heavy atom. The summed E-state index contributed by atoms with van der Waals surface area (Å²) in [4.78, 5) is 6.61. The monoisotopic (exact) mass is 356 g/mol. The van der Waals surface area contributed by atoms with Crippen LogP contribution in [0.3, 0.4) is 0 Å². The van der Waals surface area contributed by atoms with Gasteiger partial charge in [0, 0.05) is 12.4 Å². The number of aryl methyl sites for hydroxylation is 1. The van der Waals surface area contributed by atoms with Gasteiger partial charge in [0.15, 0.2) is 0 Å². The average molecular weight is 356 g/mol. The van der Waals surface area contributed by atoms with Gasteiger partial charge < -0.3 is 13.9 Å². The molecular weight excluding hydrogens is 328 g/mol. The highest BCUT2D eigenvalue weighted by Crippen LogP contribution is 2.42. The summed E-state index contributed by atoms with van der Waals surface area (Å²) in [6.07, 6.45) is 7.39. The lowest BCUT2D eigenvalue weighted by Crippen LogP contribution is -2.40. The summed E-state index contributed by atoms with van der Waals surface area (Å²) in [6, 6.07) is 8.12. The van der Waals surface area contributed by atoms with E-state index in [-0.39, 0.29) is 6.10 Å². The summed E-state index contributed by atoms with van der Waals surface area (Å²) in [5.41, 5.74) is 1.46. The van der Waals surface area contributed by atoms with E-state index in [4.69, 9.17) is 13.9 Å². The number of ether oxygens (including phenoxy) is 2. The second-order valence-electron chi connectivity index (χ2n) is 7.80. The van der Waals surface area contributed by atoms with Gasteiger partial charge in [-0.2, -0.15) is 0 Å². The molecular formula is C21H28N2O3.